The first kappa shape index (κ1) is 27.6. The van der Waals surface area contributed by atoms with Crippen molar-refractivity contribution in [3.63, 3.8) is 0 Å². The molecule has 1 fully saturated rings. The zero-order chi connectivity index (χ0) is 26.7. The van der Waals surface area contributed by atoms with Gasteiger partial charge in [-0.1, -0.05) is 29.3 Å². The van der Waals surface area contributed by atoms with Gasteiger partial charge in [0.2, 0.25) is 21.9 Å². The third kappa shape index (κ3) is 6.90. The fourth-order valence-electron chi connectivity index (χ4n) is 4.01. The van der Waals surface area contributed by atoms with Gasteiger partial charge in [-0.3, -0.25) is 4.90 Å². The SMILES string of the molecule is Cc1cc(C#N)cc(Cl)c1Oc1nc(NC2CCN(Cc3ccc(S(N)(=O)=O)cc3Cl)CC2)ncc1Br. The molecule has 2 aromatic carbocycles. The van der Waals surface area contributed by atoms with Crippen molar-refractivity contribution in [2.45, 2.75) is 37.2 Å². The molecule has 2 heterocycles. The number of nitrogens with two attached hydrogens (primary N) is 1. The van der Waals surface area contributed by atoms with Crippen LogP contribution in [0.4, 0.5) is 5.95 Å². The molecular formula is C24H23BrCl2N6O3S. The minimum Gasteiger partial charge on any atom is -0.436 e. The number of primary sulfonamides is 1. The Morgan fingerprint density at radius 1 is 1.24 bits per heavy atom. The molecule has 4 rings (SSSR count). The summed E-state index contributed by atoms with van der Waals surface area (Å²) >= 11 is 16.0. The molecule has 37 heavy (non-hydrogen) atoms. The van der Waals surface area contributed by atoms with Crippen molar-refractivity contribution in [2.75, 3.05) is 18.4 Å². The summed E-state index contributed by atoms with van der Waals surface area (Å²) in [4.78, 5) is 11.1. The highest BCUT2D eigenvalue weighted by atomic mass is 79.9. The molecule has 0 aliphatic carbocycles. The van der Waals surface area contributed by atoms with Gasteiger partial charge < -0.3 is 10.1 Å². The molecule has 0 bridgehead atoms. The first-order valence-electron chi connectivity index (χ1n) is 11.2. The lowest BCUT2D eigenvalue weighted by molar-refractivity contribution is 0.211. The van der Waals surface area contributed by atoms with E-state index >= 15 is 0 Å². The standard InChI is InChI=1S/C24H23BrCl2N6O3S/c1-14-8-15(11-28)9-21(27)22(14)36-23-19(25)12-30-24(32-23)31-17-4-6-33(7-5-17)13-16-2-3-18(10-20(16)26)37(29,34)35/h2-3,8-10,12,17H,4-7,13H2,1H3,(H2,29,34,35)(H,30,31,32). The van der Waals surface area contributed by atoms with E-state index in [2.05, 4.69) is 42.2 Å². The van der Waals surface area contributed by atoms with Crippen LogP contribution in [0.25, 0.3) is 0 Å². The highest BCUT2D eigenvalue weighted by molar-refractivity contribution is 9.10. The normalized spacial score (nSPS) is 14.8. The van der Waals surface area contributed by atoms with Gasteiger partial charge in [0.15, 0.2) is 5.75 Å². The van der Waals surface area contributed by atoms with Crippen molar-refractivity contribution < 1.29 is 13.2 Å². The average Bonchev–Trinajstić information content (AvgIpc) is 2.84. The van der Waals surface area contributed by atoms with Gasteiger partial charge in [0.1, 0.15) is 0 Å². The van der Waals surface area contributed by atoms with Crippen LogP contribution < -0.4 is 15.2 Å². The number of anilines is 1. The average molecular weight is 626 g/mol. The number of aromatic nitrogens is 2. The predicted molar refractivity (Wildman–Crippen MR) is 145 cm³/mol. The molecule has 194 valence electrons. The van der Waals surface area contributed by atoms with Crippen LogP contribution >= 0.6 is 39.1 Å². The number of rotatable bonds is 7. The molecule has 0 unspecified atom stereocenters. The van der Waals surface area contributed by atoms with E-state index in [0.717, 1.165) is 37.1 Å². The van der Waals surface area contributed by atoms with Gasteiger partial charge in [0.25, 0.3) is 0 Å². The van der Waals surface area contributed by atoms with Gasteiger partial charge in [-0.2, -0.15) is 10.2 Å². The third-order valence-corrected chi connectivity index (χ3v) is 8.02. The maximum atomic E-state index is 11.5. The molecule has 0 spiro atoms. The molecular weight excluding hydrogens is 603 g/mol. The molecule has 0 radical (unpaired) electrons. The number of nitriles is 1. The summed E-state index contributed by atoms with van der Waals surface area (Å²) in [5.41, 5.74) is 2.01. The highest BCUT2D eigenvalue weighted by Gasteiger charge is 2.22. The second kappa shape index (κ2) is 11.5. The second-order valence-corrected chi connectivity index (χ2v) is 11.9. The maximum absolute atomic E-state index is 11.5. The van der Waals surface area contributed by atoms with Crippen molar-refractivity contribution in [2.24, 2.45) is 5.14 Å². The molecule has 1 aliphatic heterocycles. The van der Waals surface area contributed by atoms with Crippen LogP contribution in [0.15, 0.2) is 45.9 Å². The van der Waals surface area contributed by atoms with Crippen LogP contribution in [0.3, 0.4) is 0 Å². The minimum absolute atomic E-state index is 0.00128. The zero-order valence-corrected chi connectivity index (χ0v) is 23.6. The van der Waals surface area contributed by atoms with E-state index in [1.807, 2.05) is 6.92 Å². The summed E-state index contributed by atoms with van der Waals surface area (Å²) in [7, 11) is -3.79. The lowest BCUT2D eigenvalue weighted by atomic mass is 10.0. The first-order valence-corrected chi connectivity index (χ1v) is 14.3. The van der Waals surface area contributed by atoms with Gasteiger partial charge in [-0.15, -0.1) is 0 Å². The van der Waals surface area contributed by atoms with E-state index < -0.39 is 10.0 Å². The summed E-state index contributed by atoms with van der Waals surface area (Å²) in [5.74, 6) is 1.16. The van der Waals surface area contributed by atoms with E-state index in [9.17, 15) is 8.42 Å². The highest BCUT2D eigenvalue weighted by Crippen LogP contribution is 2.36. The number of nitrogens with one attached hydrogen (secondary N) is 1. The first-order chi connectivity index (χ1) is 17.5. The summed E-state index contributed by atoms with van der Waals surface area (Å²) in [6, 6.07) is 10.0. The van der Waals surface area contributed by atoms with Gasteiger partial charge in [-0.05, 0) is 71.1 Å². The third-order valence-electron chi connectivity index (χ3n) is 5.94. The van der Waals surface area contributed by atoms with Crippen molar-refractivity contribution >= 4 is 55.1 Å². The van der Waals surface area contributed by atoms with Crippen LogP contribution in [-0.2, 0) is 16.6 Å². The van der Waals surface area contributed by atoms with Gasteiger partial charge in [0, 0.05) is 30.7 Å². The summed E-state index contributed by atoms with van der Waals surface area (Å²) < 4.78 is 29.6. The Morgan fingerprint density at radius 2 is 1.97 bits per heavy atom. The molecule has 3 aromatic rings. The number of likely N-dealkylation sites (tertiary alicyclic amines) is 1. The van der Waals surface area contributed by atoms with Gasteiger partial charge in [0.05, 0.1) is 32.2 Å². The van der Waals surface area contributed by atoms with Gasteiger partial charge >= 0.3 is 0 Å². The van der Waals surface area contributed by atoms with E-state index in [4.69, 9.17) is 38.3 Å². The van der Waals surface area contributed by atoms with E-state index in [-0.39, 0.29) is 10.9 Å². The number of piperidine rings is 1. The van der Waals surface area contributed by atoms with Crippen molar-refractivity contribution in [3.8, 4) is 17.7 Å². The Kier molecular flexibility index (Phi) is 8.58. The number of hydrogen-bond donors (Lipinski definition) is 2. The minimum atomic E-state index is -3.79. The number of aryl methyl sites for hydroxylation is 1. The molecule has 1 saturated heterocycles. The summed E-state index contributed by atoms with van der Waals surface area (Å²) in [5, 5.41) is 18.4. The predicted octanol–water partition coefficient (Wildman–Crippen LogP) is 5.24. The molecule has 0 atom stereocenters. The van der Waals surface area contributed by atoms with Crippen LogP contribution in [0.2, 0.25) is 10.0 Å². The van der Waals surface area contributed by atoms with Crippen LogP contribution in [0, 0.1) is 18.3 Å². The molecule has 0 saturated carbocycles. The number of sulfonamides is 1. The molecule has 0 amide bonds. The van der Waals surface area contributed by atoms with Crippen molar-refractivity contribution in [1.82, 2.24) is 14.9 Å². The Labute approximate surface area is 233 Å². The quantitative estimate of drug-likeness (QED) is 0.364. The van der Waals surface area contributed by atoms with Crippen LogP contribution in [-0.4, -0.2) is 42.4 Å². The molecule has 1 aromatic heterocycles. The largest absolute Gasteiger partial charge is 0.436 e. The maximum Gasteiger partial charge on any atom is 0.238 e. The van der Waals surface area contributed by atoms with E-state index in [1.54, 1.807) is 24.4 Å². The molecule has 9 nitrogen and oxygen atoms in total. The van der Waals surface area contributed by atoms with E-state index in [1.165, 1.54) is 12.1 Å². The zero-order valence-electron chi connectivity index (χ0n) is 19.7. The Hall–Kier alpha value is -2.46. The van der Waals surface area contributed by atoms with Crippen LogP contribution in [0.1, 0.15) is 29.5 Å². The van der Waals surface area contributed by atoms with Gasteiger partial charge in [-0.25, -0.2) is 18.5 Å². The topological polar surface area (TPSA) is 134 Å². The van der Waals surface area contributed by atoms with Crippen molar-refractivity contribution in [1.29, 1.82) is 5.26 Å². The van der Waals surface area contributed by atoms with E-state index in [0.29, 0.717) is 44.2 Å². The summed E-state index contributed by atoms with van der Waals surface area (Å²) in [6.45, 7) is 4.04. The monoisotopic (exact) mass is 624 g/mol. The Morgan fingerprint density at radius 3 is 2.59 bits per heavy atom. The van der Waals surface area contributed by atoms with Crippen molar-refractivity contribution in [3.05, 3.63) is 67.7 Å². The number of halogens is 3. The molecule has 3 N–H and O–H groups in total. The molecule has 13 heteroatoms. The number of benzene rings is 2. The lowest BCUT2D eigenvalue weighted by Crippen LogP contribution is -2.39. The number of nitrogens with zero attached hydrogens (tertiary/aromatic N) is 4. The number of ether oxygens (including phenoxy) is 1. The van der Waals surface area contributed by atoms with Crippen LogP contribution in [0.5, 0.6) is 11.6 Å². The second-order valence-electron chi connectivity index (χ2n) is 8.66. The Balaban J connectivity index is 1.37. The Bertz CT molecular complexity index is 1450. The number of hydrogen-bond acceptors (Lipinski definition) is 8. The fraction of sp³-hybridized carbons (Fsp3) is 0.292. The summed E-state index contributed by atoms with van der Waals surface area (Å²) in [6.07, 6.45) is 3.31. The smallest absolute Gasteiger partial charge is 0.238 e. The lowest BCUT2D eigenvalue weighted by Gasteiger charge is -2.32. The molecule has 1 aliphatic rings. The fourth-order valence-corrected chi connectivity index (χ4v) is 5.43.